The van der Waals surface area contributed by atoms with Gasteiger partial charge in [0.2, 0.25) is 5.91 Å². The predicted molar refractivity (Wildman–Crippen MR) is 100 cm³/mol. The Bertz CT molecular complexity index is 697. The number of halogens is 1. The summed E-state index contributed by atoms with van der Waals surface area (Å²) in [6.45, 7) is 8.49. The third-order valence-electron chi connectivity index (χ3n) is 4.35. The number of carbonyl (C=O) groups excluding carboxylic acids is 1. The number of carbonyl (C=O) groups is 1. The third kappa shape index (κ3) is 5.08. The second-order valence-corrected chi connectivity index (χ2v) is 6.72. The van der Waals surface area contributed by atoms with E-state index >= 15 is 0 Å². The van der Waals surface area contributed by atoms with Crippen molar-refractivity contribution in [3.63, 3.8) is 0 Å². The maximum Gasteiger partial charge on any atom is 0.234 e. The van der Waals surface area contributed by atoms with Crippen molar-refractivity contribution in [1.29, 1.82) is 0 Å². The highest BCUT2D eigenvalue weighted by molar-refractivity contribution is 6.30. The van der Waals surface area contributed by atoms with E-state index in [-0.39, 0.29) is 24.5 Å². The van der Waals surface area contributed by atoms with E-state index in [0.717, 1.165) is 11.1 Å². The molecule has 0 aliphatic heterocycles. The maximum absolute atomic E-state index is 12.2. The second-order valence-electron chi connectivity index (χ2n) is 6.29. The molecule has 3 nitrogen and oxygen atoms in total. The van der Waals surface area contributed by atoms with Crippen LogP contribution in [-0.2, 0) is 4.79 Å². The van der Waals surface area contributed by atoms with Crippen molar-refractivity contribution in [2.24, 2.45) is 0 Å². The van der Waals surface area contributed by atoms with Crippen LogP contribution < -0.4 is 10.6 Å². The molecule has 1 amide bonds. The van der Waals surface area contributed by atoms with Crippen molar-refractivity contribution in [1.82, 2.24) is 10.6 Å². The minimum atomic E-state index is -0.0125. The van der Waals surface area contributed by atoms with Crippen LogP contribution in [0.15, 0.2) is 42.5 Å². The number of amides is 1. The molecule has 0 spiro atoms. The first-order valence-corrected chi connectivity index (χ1v) is 8.60. The summed E-state index contributed by atoms with van der Waals surface area (Å²) in [5.41, 5.74) is 4.73. The van der Waals surface area contributed by atoms with Gasteiger partial charge < -0.3 is 10.6 Å². The molecule has 0 fully saturated rings. The fourth-order valence-corrected chi connectivity index (χ4v) is 2.65. The zero-order valence-electron chi connectivity index (χ0n) is 14.7. The van der Waals surface area contributed by atoms with Gasteiger partial charge in [0, 0.05) is 11.1 Å². The highest BCUT2D eigenvalue weighted by Gasteiger charge is 2.12. The summed E-state index contributed by atoms with van der Waals surface area (Å²) in [5, 5.41) is 6.99. The summed E-state index contributed by atoms with van der Waals surface area (Å²) in [5.74, 6) is -0.0125. The normalized spacial score (nSPS) is 13.4. The van der Waals surface area contributed by atoms with E-state index < -0.39 is 0 Å². The predicted octanol–water partition coefficient (Wildman–Crippen LogP) is 4.48. The molecule has 2 aromatic carbocycles. The summed E-state index contributed by atoms with van der Waals surface area (Å²) in [6, 6.07) is 14.0. The van der Waals surface area contributed by atoms with Crippen LogP contribution in [0.4, 0.5) is 0 Å². The van der Waals surface area contributed by atoms with Gasteiger partial charge in [0.05, 0.1) is 12.6 Å². The Morgan fingerprint density at radius 1 is 0.958 bits per heavy atom. The molecule has 2 aromatic rings. The van der Waals surface area contributed by atoms with Gasteiger partial charge in [-0.25, -0.2) is 0 Å². The van der Waals surface area contributed by atoms with Crippen molar-refractivity contribution >= 4 is 17.5 Å². The van der Waals surface area contributed by atoms with Crippen LogP contribution in [-0.4, -0.2) is 12.5 Å². The van der Waals surface area contributed by atoms with Crippen LogP contribution in [0.3, 0.4) is 0 Å². The molecule has 0 unspecified atom stereocenters. The SMILES string of the molecule is Cc1ccc([C@@H](C)NC(=O)CN[C@@H](C)c2ccc(Cl)cc2)cc1C. The quantitative estimate of drug-likeness (QED) is 0.810. The Morgan fingerprint density at radius 2 is 1.58 bits per heavy atom. The summed E-state index contributed by atoms with van der Waals surface area (Å²) in [6.07, 6.45) is 0. The molecule has 24 heavy (non-hydrogen) atoms. The van der Waals surface area contributed by atoms with Gasteiger partial charge >= 0.3 is 0 Å². The van der Waals surface area contributed by atoms with Crippen molar-refractivity contribution < 1.29 is 4.79 Å². The summed E-state index contributed by atoms with van der Waals surface area (Å²) >= 11 is 5.90. The highest BCUT2D eigenvalue weighted by Crippen LogP contribution is 2.17. The van der Waals surface area contributed by atoms with E-state index in [1.807, 2.05) is 38.1 Å². The van der Waals surface area contributed by atoms with Gasteiger partial charge in [-0.2, -0.15) is 0 Å². The number of benzene rings is 2. The highest BCUT2D eigenvalue weighted by atomic mass is 35.5. The fraction of sp³-hybridized carbons (Fsp3) is 0.350. The van der Waals surface area contributed by atoms with E-state index in [9.17, 15) is 4.79 Å². The molecule has 0 heterocycles. The third-order valence-corrected chi connectivity index (χ3v) is 4.60. The van der Waals surface area contributed by atoms with Crippen LogP contribution in [0.25, 0.3) is 0 Å². The maximum atomic E-state index is 12.2. The standard InChI is InChI=1S/C20H25ClN2O/c1-13-5-6-18(11-14(13)2)16(4)23-20(24)12-22-15(3)17-7-9-19(21)10-8-17/h5-11,15-16,22H,12H2,1-4H3,(H,23,24)/t15-,16+/m0/s1. The molecule has 0 aliphatic rings. The lowest BCUT2D eigenvalue weighted by Crippen LogP contribution is -2.36. The first kappa shape index (κ1) is 18.5. The number of hydrogen-bond acceptors (Lipinski definition) is 2. The average Bonchev–Trinajstić information content (AvgIpc) is 2.55. The molecule has 0 aromatic heterocycles. The summed E-state index contributed by atoms with van der Waals surface area (Å²) in [4.78, 5) is 12.2. The molecule has 128 valence electrons. The zero-order chi connectivity index (χ0) is 17.7. The van der Waals surface area contributed by atoms with E-state index in [4.69, 9.17) is 11.6 Å². The van der Waals surface area contributed by atoms with Crippen LogP contribution in [0.1, 0.15) is 48.2 Å². The van der Waals surface area contributed by atoms with Gasteiger partial charge in [-0.05, 0) is 62.1 Å². The first-order chi connectivity index (χ1) is 11.4. The van der Waals surface area contributed by atoms with Crippen molar-refractivity contribution in [2.75, 3.05) is 6.54 Å². The molecular formula is C20H25ClN2O. The molecule has 0 aliphatic carbocycles. The number of nitrogens with one attached hydrogen (secondary N) is 2. The lowest BCUT2D eigenvalue weighted by molar-refractivity contribution is -0.121. The van der Waals surface area contributed by atoms with Gasteiger partial charge in [0.25, 0.3) is 0 Å². The number of hydrogen-bond donors (Lipinski definition) is 2. The van der Waals surface area contributed by atoms with E-state index in [1.165, 1.54) is 11.1 Å². The molecule has 2 N–H and O–H groups in total. The van der Waals surface area contributed by atoms with Crippen LogP contribution in [0.5, 0.6) is 0 Å². The topological polar surface area (TPSA) is 41.1 Å². The van der Waals surface area contributed by atoms with Crippen molar-refractivity contribution in [2.45, 2.75) is 39.8 Å². The Balaban J connectivity index is 1.86. The lowest BCUT2D eigenvalue weighted by Gasteiger charge is -2.18. The minimum absolute atomic E-state index is 0.00978. The largest absolute Gasteiger partial charge is 0.348 e. The van der Waals surface area contributed by atoms with Crippen LogP contribution >= 0.6 is 11.6 Å². The van der Waals surface area contributed by atoms with Gasteiger partial charge in [-0.3, -0.25) is 4.79 Å². The smallest absolute Gasteiger partial charge is 0.234 e. The summed E-state index contributed by atoms with van der Waals surface area (Å²) < 4.78 is 0. The fourth-order valence-electron chi connectivity index (χ4n) is 2.52. The molecule has 0 radical (unpaired) electrons. The molecular weight excluding hydrogens is 320 g/mol. The average molecular weight is 345 g/mol. The van der Waals surface area contributed by atoms with Crippen molar-refractivity contribution in [3.8, 4) is 0 Å². The van der Waals surface area contributed by atoms with Gasteiger partial charge in [0.15, 0.2) is 0 Å². The molecule has 0 bridgehead atoms. The zero-order valence-corrected chi connectivity index (χ0v) is 15.4. The van der Waals surface area contributed by atoms with Gasteiger partial charge in [0.1, 0.15) is 0 Å². The Kier molecular flexibility index (Phi) is 6.41. The second kappa shape index (κ2) is 8.32. The molecule has 2 rings (SSSR count). The van der Waals surface area contributed by atoms with Crippen LogP contribution in [0.2, 0.25) is 5.02 Å². The Hall–Kier alpha value is -1.84. The van der Waals surface area contributed by atoms with Crippen molar-refractivity contribution in [3.05, 3.63) is 69.7 Å². The Morgan fingerprint density at radius 3 is 2.21 bits per heavy atom. The van der Waals surface area contributed by atoms with E-state index in [0.29, 0.717) is 5.02 Å². The minimum Gasteiger partial charge on any atom is -0.348 e. The van der Waals surface area contributed by atoms with Gasteiger partial charge in [-0.1, -0.05) is 41.9 Å². The first-order valence-electron chi connectivity index (χ1n) is 8.22. The number of aryl methyl sites for hydroxylation is 2. The molecule has 4 heteroatoms. The number of rotatable bonds is 6. The monoisotopic (exact) mass is 344 g/mol. The summed E-state index contributed by atoms with van der Waals surface area (Å²) in [7, 11) is 0. The molecule has 0 saturated heterocycles. The van der Waals surface area contributed by atoms with E-state index in [2.05, 4.69) is 42.7 Å². The lowest BCUT2D eigenvalue weighted by atomic mass is 10.0. The van der Waals surface area contributed by atoms with E-state index in [1.54, 1.807) is 0 Å². The Labute approximate surface area is 149 Å². The molecule has 0 saturated carbocycles. The molecule has 2 atom stereocenters. The van der Waals surface area contributed by atoms with Gasteiger partial charge in [-0.15, -0.1) is 0 Å². The van der Waals surface area contributed by atoms with Crippen LogP contribution in [0, 0.1) is 13.8 Å².